The van der Waals surface area contributed by atoms with Crippen molar-refractivity contribution in [1.82, 2.24) is 0 Å². The number of hydrogen-bond acceptors (Lipinski definition) is 3. The average molecular weight is 615 g/mol. The van der Waals surface area contributed by atoms with E-state index in [4.69, 9.17) is 0 Å². The van der Waals surface area contributed by atoms with Gasteiger partial charge in [-0.2, -0.15) is 0 Å². The topological polar surface area (TPSA) is 132 Å². The van der Waals surface area contributed by atoms with Gasteiger partial charge in [0.25, 0.3) is 0 Å². The maximum atomic E-state index is 11.0. The number of amides is 1. The molecule has 0 atom stereocenters. The summed E-state index contributed by atoms with van der Waals surface area (Å²) in [6.45, 7) is 1.38. The number of nitrogens with one attached hydrogen (secondary N) is 1. The van der Waals surface area contributed by atoms with Crippen molar-refractivity contribution < 1.29 is 55.2 Å². The van der Waals surface area contributed by atoms with Crippen molar-refractivity contribution in [3.05, 3.63) is 22.3 Å². The normalized spacial score (nSPS) is 8.42. The number of aromatic carboxylic acids is 1. The predicted molar refractivity (Wildman–Crippen MR) is 90.5 cm³/mol. The number of rotatable bonds is 2. The summed E-state index contributed by atoms with van der Waals surface area (Å²) in [4.78, 5) is 22.0. The first-order valence-corrected chi connectivity index (χ1v) is 7.24. The Labute approximate surface area is 172 Å². The molecule has 0 saturated carbocycles. The van der Waals surface area contributed by atoms with Crippen LogP contribution in [0, 0.1) is 10.7 Å². The fourth-order valence-electron chi connectivity index (χ4n) is 1.07. The van der Waals surface area contributed by atoms with E-state index in [1.165, 1.54) is 6.92 Å². The summed E-state index contributed by atoms with van der Waals surface area (Å²) < 4.78 is 1.89. The van der Waals surface area contributed by atoms with Crippen LogP contribution in [-0.2, 0) is 4.79 Å². The Kier molecular flexibility index (Phi) is 14.5. The maximum Gasteiger partial charge on any atom is 1.00 e. The Balaban J connectivity index is -0.000000853. The number of anilines is 1. The van der Waals surface area contributed by atoms with Crippen molar-refractivity contribution in [2.75, 3.05) is 5.32 Å². The minimum absolute atomic E-state index is 0. The van der Waals surface area contributed by atoms with E-state index in [9.17, 15) is 14.7 Å². The quantitative estimate of drug-likeness (QED) is 0.285. The first kappa shape index (κ1) is 25.2. The molecule has 0 radical (unpaired) electrons. The third-order valence-corrected chi connectivity index (χ3v) is 4.46. The number of halogens is 3. The fraction of sp³-hybridized carbons (Fsp3) is 0.111. The van der Waals surface area contributed by atoms with E-state index in [1.807, 2.05) is 67.8 Å². The Morgan fingerprint density at radius 1 is 1.16 bits per heavy atom. The molecule has 0 aromatic heterocycles. The van der Waals surface area contributed by atoms with Gasteiger partial charge in [-0.25, -0.2) is 0 Å². The molecule has 102 valence electrons. The largest absolute Gasteiger partial charge is 1.00 e. The number of benzene rings is 1. The van der Waals surface area contributed by atoms with Crippen molar-refractivity contribution >= 4 is 85.3 Å². The summed E-state index contributed by atoms with van der Waals surface area (Å²) in [6, 6.07) is 1.69. The molecule has 0 spiro atoms. The Morgan fingerprint density at radius 3 is 2.00 bits per heavy atom. The van der Waals surface area contributed by atoms with E-state index in [0.29, 0.717) is 12.8 Å². The van der Waals surface area contributed by atoms with Crippen LogP contribution in [0.25, 0.3) is 0 Å². The molecule has 1 rings (SSSR count). The Hall–Kier alpha value is 1.27. The first-order chi connectivity index (χ1) is 7.34. The van der Waals surface area contributed by atoms with Crippen LogP contribution < -0.4 is 40.0 Å². The van der Waals surface area contributed by atoms with Gasteiger partial charge in [-0.05, 0) is 73.8 Å². The van der Waals surface area contributed by atoms with Gasteiger partial charge in [0.2, 0.25) is 5.91 Å². The third kappa shape index (κ3) is 6.71. The second kappa shape index (κ2) is 10.9. The van der Waals surface area contributed by atoms with Crippen LogP contribution in [0.3, 0.4) is 0 Å². The number of carboxylic acid groups (broad SMARTS) is 1. The van der Waals surface area contributed by atoms with Crippen LogP contribution in [0.4, 0.5) is 5.69 Å². The molecule has 1 aromatic rings. The van der Waals surface area contributed by atoms with E-state index >= 15 is 0 Å². The van der Waals surface area contributed by atoms with E-state index in [0.717, 1.165) is 3.57 Å². The minimum atomic E-state index is -1.24. The van der Waals surface area contributed by atoms with Crippen LogP contribution >= 0.6 is 67.8 Å². The standard InChI is InChI=1S/C9H6I3NO3.Na.2H2O/c1-3(14)13-8-5(11)2-4(10)6(7(8)12)9(15)16;;;/h2H,1H3,(H,13,14)(H,15,16);;2*1H2/q;+1;;/p-1. The SMILES string of the molecule is CC(=O)Nc1c(I)cc(I)c(C(=O)[O-])c1I.O.O.[Na+]. The molecule has 0 heterocycles. The molecule has 1 aromatic carbocycles. The zero-order valence-electron chi connectivity index (χ0n) is 9.94. The molecule has 5 N–H and O–H groups in total. The molecule has 0 aliphatic rings. The van der Waals surface area contributed by atoms with Crippen LogP contribution in [0.2, 0.25) is 0 Å². The van der Waals surface area contributed by atoms with Gasteiger partial charge in [0.05, 0.1) is 11.7 Å². The van der Waals surface area contributed by atoms with Crippen LogP contribution in [0.5, 0.6) is 0 Å². The molecular formula is C9H9I3NNaO5. The number of carboxylic acids is 1. The number of carbonyl (C=O) groups excluding carboxylic acids is 2. The molecule has 0 aliphatic heterocycles. The van der Waals surface area contributed by atoms with E-state index in [1.54, 1.807) is 6.07 Å². The van der Waals surface area contributed by atoms with Crippen molar-refractivity contribution in [2.24, 2.45) is 0 Å². The molecule has 0 aliphatic carbocycles. The number of carbonyl (C=O) groups is 2. The average Bonchev–Trinajstić information content (AvgIpc) is 2.10. The number of hydrogen-bond donors (Lipinski definition) is 1. The monoisotopic (exact) mass is 615 g/mol. The Morgan fingerprint density at radius 2 is 1.63 bits per heavy atom. The molecule has 10 heteroatoms. The third-order valence-electron chi connectivity index (χ3n) is 1.68. The molecule has 19 heavy (non-hydrogen) atoms. The summed E-state index contributed by atoms with van der Waals surface area (Å²) in [5.41, 5.74) is 0.638. The molecule has 0 saturated heterocycles. The van der Waals surface area contributed by atoms with Crippen molar-refractivity contribution in [3.63, 3.8) is 0 Å². The predicted octanol–water partition coefficient (Wildman–Crippen LogP) is -2.82. The minimum Gasteiger partial charge on any atom is -0.545 e. The summed E-state index contributed by atoms with van der Waals surface area (Å²) >= 11 is 5.88. The molecule has 0 bridgehead atoms. The van der Waals surface area contributed by atoms with E-state index in [-0.39, 0.29) is 52.0 Å². The zero-order chi connectivity index (χ0) is 12.5. The maximum absolute atomic E-state index is 11.0. The fourth-order valence-corrected chi connectivity index (χ4v) is 5.15. The van der Waals surface area contributed by atoms with Gasteiger partial charge in [-0.1, -0.05) is 0 Å². The van der Waals surface area contributed by atoms with Crippen LogP contribution in [0.15, 0.2) is 6.07 Å². The first-order valence-electron chi connectivity index (χ1n) is 4.01. The summed E-state index contributed by atoms with van der Waals surface area (Å²) in [7, 11) is 0. The van der Waals surface area contributed by atoms with Crippen molar-refractivity contribution in [2.45, 2.75) is 6.92 Å². The molecule has 0 unspecified atom stereocenters. The summed E-state index contributed by atoms with van der Waals surface area (Å²) in [6.07, 6.45) is 0. The second-order valence-electron chi connectivity index (χ2n) is 2.87. The van der Waals surface area contributed by atoms with E-state index < -0.39 is 5.97 Å². The molecule has 6 nitrogen and oxygen atoms in total. The van der Waals surface area contributed by atoms with Crippen LogP contribution in [0.1, 0.15) is 17.3 Å². The van der Waals surface area contributed by atoms with Gasteiger partial charge < -0.3 is 26.2 Å². The van der Waals surface area contributed by atoms with Gasteiger partial charge in [0.1, 0.15) is 0 Å². The van der Waals surface area contributed by atoms with E-state index in [2.05, 4.69) is 5.32 Å². The van der Waals surface area contributed by atoms with Gasteiger partial charge >= 0.3 is 29.6 Å². The van der Waals surface area contributed by atoms with Gasteiger partial charge in [-0.15, -0.1) is 0 Å². The van der Waals surface area contributed by atoms with Crippen molar-refractivity contribution in [1.29, 1.82) is 0 Å². The molecule has 1 amide bonds. The van der Waals surface area contributed by atoms with Gasteiger partial charge in [-0.3, -0.25) is 4.79 Å². The van der Waals surface area contributed by atoms with Crippen molar-refractivity contribution in [3.8, 4) is 0 Å². The second-order valence-corrected chi connectivity index (χ2v) is 6.28. The molecular weight excluding hydrogens is 606 g/mol. The summed E-state index contributed by atoms with van der Waals surface area (Å²) in [5, 5.41) is 13.6. The van der Waals surface area contributed by atoms with Crippen LogP contribution in [-0.4, -0.2) is 22.8 Å². The molecule has 0 fully saturated rings. The zero-order valence-corrected chi connectivity index (χ0v) is 18.4. The van der Waals surface area contributed by atoms with Gasteiger partial charge in [0.15, 0.2) is 0 Å². The Bertz CT molecular complexity index is 483. The van der Waals surface area contributed by atoms with Gasteiger partial charge in [0, 0.05) is 23.2 Å². The summed E-state index contributed by atoms with van der Waals surface area (Å²) in [5.74, 6) is -1.47. The smallest absolute Gasteiger partial charge is 0.545 e.